The minimum Gasteiger partial charge on any atom is -0.335 e. The number of hydrogen-bond acceptors (Lipinski definition) is 1. The lowest BCUT2D eigenvalue weighted by Gasteiger charge is -2.12. The van der Waals surface area contributed by atoms with E-state index in [0.717, 1.165) is 17.2 Å². The van der Waals surface area contributed by atoms with Gasteiger partial charge in [0, 0.05) is 11.4 Å². The zero-order valence-electron chi connectivity index (χ0n) is 8.70. The molecule has 3 heteroatoms. The summed E-state index contributed by atoms with van der Waals surface area (Å²) in [6.07, 6.45) is 0.871. The molecule has 1 aromatic carbocycles. The third kappa shape index (κ3) is 1.55. The van der Waals surface area contributed by atoms with Crippen LogP contribution in [0.5, 0.6) is 0 Å². The molecule has 78 valence electrons. The number of hydrogen-bond donors (Lipinski definition) is 0. The smallest absolute Gasteiger partial charge is 0.166 e. The Morgan fingerprint density at radius 2 is 2.13 bits per heavy atom. The van der Waals surface area contributed by atoms with Crippen LogP contribution in [0.3, 0.4) is 0 Å². The first-order valence-electron chi connectivity index (χ1n) is 4.89. The van der Waals surface area contributed by atoms with Crippen LogP contribution in [0.15, 0.2) is 24.3 Å². The molecule has 0 bridgehead atoms. The first-order valence-corrected chi connectivity index (χ1v) is 5.27. The lowest BCUT2D eigenvalue weighted by atomic mass is 10.2. The molecule has 1 heterocycles. The average Bonchev–Trinajstić information content (AvgIpc) is 2.57. The van der Waals surface area contributed by atoms with Crippen LogP contribution in [0.2, 0.25) is 5.02 Å². The largest absolute Gasteiger partial charge is 0.335 e. The van der Waals surface area contributed by atoms with Crippen LogP contribution >= 0.6 is 11.6 Å². The summed E-state index contributed by atoms with van der Waals surface area (Å²) in [5, 5.41) is 1.70. The number of nitrogens with zero attached hydrogens (tertiary/aromatic N) is 1. The number of fused-ring (bicyclic) bond motifs is 1. The van der Waals surface area contributed by atoms with Crippen molar-refractivity contribution in [1.82, 2.24) is 4.57 Å². The molecule has 0 aliphatic heterocycles. The summed E-state index contributed by atoms with van der Waals surface area (Å²) in [6, 6.07) is 7.80. The van der Waals surface area contributed by atoms with Gasteiger partial charge < -0.3 is 4.57 Å². The van der Waals surface area contributed by atoms with Gasteiger partial charge in [0.15, 0.2) is 6.29 Å². The second-order valence-corrected chi connectivity index (χ2v) is 4.24. The molecule has 0 aliphatic carbocycles. The zero-order chi connectivity index (χ0) is 11.0. The van der Waals surface area contributed by atoms with E-state index in [1.165, 1.54) is 0 Å². The molecular formula is C12H12ClNO. The number of aldehydes is 1. The summed E-state index contributed by atoms with van der Waals surface area (Å²) >= 11 is 6.14. The maximum absolute atomic E-state index is 10.9. The fourth-order valence-corrected chi connectivity index (χ4v) is 2.18. The van der Waals surface area contributed by atoms with E-state index in [0.29, 0.717) is 10.7 Å². The maximum atomic E-state index is 10.9. The average molecular weight is 222 g/mol. The van der Waals surface area contributed by atoms with Gasteiger partial charge in [-0.3, -0.25) is 4.79 Å². The van der Waals surface area contributed by atoms with E-state index in [1.54, 1.807) is 0 Å². The first kappa shape index (κ1) is 10.2. The zero-order valence-corrected chi connectivity index (χ0v) is 9.45. The molecule has 0 fully saturated rings. The molecule has 2 nitrogen and oxygen atoms in total. The molecule has 0 atom stereocenters. The Morgan fingerprint density at radius 3 is 2.73 bits per heavy atom. The first-order chi connectivity index (χ1) is 7.15. The number of carbonyl (C=O) groups excluding carboxylic acids is 1. The van der Waals surface area contributed by atoms with Crippen molar-refractivity contribution in [2.45, 2.75) is 19.9 Å². The van der Waals surface area contributed by atoms with Crippen molar-refractivity contribution in [2.24, 2.45) is 0 Å². The quantitative estimate of drug-likeness (QED) is 0.709. The van der Waals surface area contributed by atoms with Gasteiger partial charge in [-0.25, -0.2) is 0 Å². The number of rotatable bonds is 2. The van der Waals surface area contributed by atoms with Crippen molar-refractivity contribution in [3.63, 3.8) is 0 Å². The van der Waals surface area contributed by atoms with E-state index in [4.69, 9.17) is 11.6 Å². The Morgan fingerprint density at radius 1 is 1.40 bits per heavy atom. The second-order valence-electron chi connectivity index (χ2n) is 3.83. The highest BCUT2D eigenvalue weighted by molar-refractivity contribution is 6.35. The topological polar surface area (TPSA) is 22.0 Å². The number of carbonyl (C=O) groups is 1. The van der Waals surface area contributed by atoms with Gasteiger partial charge in [0.1, 0.15) is 0 Å². The molecule has 0 unspecified atom stereocenters. The van der Waals surface area contributed by atoms with Crippen molar-refractivity contribution < 1.29 is 4.79 Å². The number of aromatic nitrogens is 1. The van der Waals surface area contributed by atoms with E-state index in [2.05, 4.69) is 0 Å². The Hall–Kier alpha value is -1.28. The highest BCUT2D eigenvalue weighted by Crippen LogP contribution is 2.29. The Balaban J connectivity index is 2.88. The van der Waals surface area contributed by atoms with Gasteiger partial charge in [-0.1, -0.05) is 23.7 Å². The van der Waals surface area contributed by atoms with E-state index in [9.17, 15) is 4.79 Å². The summed E-state index contributed by atoms with van der Waals surface area (Å²) in [6.45, 7) is 4.07. The van der Waals surface area contributed by atoms with E-state index < -0.39 is 0 Å². The molecule has 2 rings (SSSR count). The number of para-hydroxylation sites is 1. The molecule has 1 aromatic heterocycles. The van der Waals surface area contributed by atoms with Crippen LogP contribution in [-0.4, -0.2) is 10.9 Å². The maximum Gasteiger partial charge on any atom is 0.166 e. The van der Waals surface area contributed by atoms with Gasteiger partial charge >= 0.3 is 0 Å². The third-order valence-corrected chi connectivity index (χ3v) is 2.78. The van der Waals surface area contributed by atoms with Crippen molar-refractivity contribution >= 4 is 28.8 Å². The summed E-state index contributed by atoms with van der Waals surface area (Å²) < 4.78 is 1.96. The molecule has 0 radical (unpaired) electrons. The van der Waals surface area contributed by atoms with Crippen LogP contribution in [0, 0.1) is 0 Å². The van der Waals surface area contributed by atoms with E-state index in [-0.39, 0.29) is 6.04 Å². The molecule has 2 aromatic rings. The van der Waals surface area contributed by atoms with Crippen LogP contribution in [0.1, 0.15) is 30.4 Å². The molecular weight excluding hydrogens is 210 g/mol. The standard InChI is InChI=1S/C12H12ClNO/c1-8(2)14-10(7-15)6-9-4-3-5-11(13)12(9)14/h3-8H,1-2H3. The predicted molar refractivity (Wildman–Crippen MR) is 62.7 cm³/mol. The third-order valence-electron chi connectivity index (χ3n) is 2.48. The Labute approximate surface area is 93.5 Å². The van der Waals surface area contributed by atoms with Crippen molar-refractivity contribution in [3.05, 3.63) is 35.0 Å². The predicted octanol–water partition coefficient (Wildman–Crippen LogP) is 3.69. The van der Waals surface area contributed by atoms with E-state index in [1.807, 2.05) is 42.7 Å². The minimum absolute atomic E-state index is 0.225. The molecule has 0 amide bonds. The van der Waals surface area contributed by atoms with Gasteiger partial charge in [0.2, 0.25) is 0 Å². The van der Waals surface area contributed by atoms with Crippen LogP contribution in [0.25, 0.3) is 10.9 Å². The second kappa shape index (κ2) is 3.70. The van der Waals surface area contributed by atoms with Crippen LogP contribution < -0.4 is 0 Å². The fourth-order valence-electron chi connectivity index (χ4n) is 1.91. The molecule has 0 saturated carbocycles. The summed E-state index contributed by atoms with van der Waals surface area (Å²) in [5.41, 5.74) is 1.62. The summed E-state index contributed by atoms with van der Waals surface area (Å²) in [7, 11) is 0. The lowest BCUT2D eigenvalue weighted by molar-refractivity contribution is 0.111. The molecule has 0 spiro atoms. The van der Waals surface area contributed by atoms with Crippen LogP contribution in [-0.2, 0) is 0 Å². The molecule has 0 saturated heterocycles. The summed E-state index contributed by atoms with van der Waals surface area (Å²) in [5.74, 6) is 0. The van der Waals surface area contributed by atoms with Gasteiger partial charge in [-0.05, 0) is 26.0 Å². The summed E-state index contributed by atoms with van der Waals surface area (Å²) in [4.78, 5) is 10.9. The van der Waals surface area contributed by atoms with Crippen molar-refractivity contribution in [2.75, 3.05) is 0 Å². The van der Waals surface area contributed by atoms with Gasteiger partial charge in [-0.15, -0.1) is 0 Å². The fraction of sp³-hybridized carbons (Fsp3) is 0.250. The number of halogens is 1. The van der Waals surface area contributed by atoms with Crippen LogP contribution in [0.4, 0.5) is 0 Å². The minimum atomic E-state index is 0.225. The van der Waals surface area contributed by atoms with Gasteiger partial charge in [0.25, 0.3) is 0 Å². The van der Waals surface area contributed by atoms with Gasteiger partial charge in [0.05, 0.1) is 16.2 Å². The molecule has 15 heavy (non-hydrogen) atoms. The Bertz CT molecular complexity index is 514. The van der Waals surface area contributed by atoms with Gasteiger partial charge in [-0.2, -0.15) is 0 Å². The van der Waals surface area contributed by atoms with E-state index >= 15 is 0 Å². The normalized spacial score (nSPS) is 11.2. The molecule has 0 aliphatic rings. The Kier molecular flexibility index (Phi) is 2.53. The SMILES string of the molecule is CC(C)n1c(C=O)cc2cccc(Cl)c21. The van der Waals surface area contributed by atoms with Crippen molar-refractivity contribution in [3.8, 4) is 0 Å². The monoisotopic (exact) mass is 221 g/mol. The highest BCUT2D eigenvalue weighted by Gasteiger charge is 2.12. The lowest BCUT2D eigenvalue weighted by Crippen LogP contribution is -2.04. The van der Waals surface area contributed by atoms with Crippen molar-refractivity contribution in [1.29, 1.82) is 0 Å². The molecule has 0 N–H and O–H groups in total. The highest BCUT2D eigenvalue weighted by atomic mass is 35.5. The number of benzene rings is 1.